The van der Waals surface area contributed by atoms with Gasteiger partial charge in [-0.1, -0.05) is 37.6 Å². The van der Waals surface area contributed by atoms with E-state index < -0.39 is 5.79 Å². The lowest BCUT2D eigenvalue weighted by atomic mass is 10.0. The first-order valence-electron chi connectivity index (χ1n) is 6.27. The zero-order chi connectivity index (χ0) is 12.3. The maximum absolute atomic E-state index is 5.75. The lowest BCUT2D eigenvalue weighted by Gasteiger charge is -2.36. The first-order valence-corrected chi connectivity index (χ1v) is 6.27. The second-order valence-corrected chi connectivity index (χ2v) is 4.77. The van der Waals surface area contributed by atoms with Gasteiger partial charge in [-0.3, -0.25) is 0 Å². The maximum Gasteiger partial charge on any atom is 0.192 e. The highest BCUT2D eigenvalue weighted by Crippen LogP contribution is 2.30. The Morgan fingerprint density at radius 1 is 1.24 bits per heavy atom. The zero-order valence-electron chi connectivity index (χ0n) is 10.6. The number of aryl methyl sites for hydroxylation is 1. The van der Waals surface area contributed by atoms with Crippen molar-refractivity contribution in [1.82, 2.24) is 0 Å². The summed E-state index contributed by atoms with van der Waals surface area (Å²) in [5, 5.41) is 0. The molecule has 0 spiro atoms. The van der Waals surface area contributed by atoms with Gasteiger partial charge in [-0.15, -0.1) is 0 Å². The SMILES string of the molecule is CCCc1ccc(C2(C)OCC(N)CO2)cc1. The van der Waals surface area contributed by atoms with Crippen molar-refractivity contribution in [3.05, 3.63) is 35.4 Å². The Hall–Kier alpha value is -0.900. The van der Waals surface area contributed by atoms with Crippen molar-refractivity contribution in [3.63, 3.8) is 0 Å². The third kappa shape index (κ3) is 2.86. The quantitative estimate of drug-likeness (QED) is 0.873. The van der Waals surface area contributed by atoms with Gasteiger partial charge in [0.25, 0.3) is 0 Å². The smallest absolute Gasteiger partial charge is 0.192 e. The molecule has 1 aromatic carbocycles. The van der Waals surface area contributed by atoms with Gasteiger partial charge >= 0.3 is 0 Å². The minimum atomic E-state index is -0.638. The number of rotatable bonds is 3. The van der Waals surface area contributed by atoms with Crippen molar-refractivity contribution in [2.45, 2.75) is 38.5 Å². The third-order valence-corrected chi connectivity index (χ3v) is 3.16. The highest BCUT2D eigenvalue weighted by molar-refractivity contribution is 5.26. The van der Waals surface area contributed by atoms with E-state index in [1.807, 2.05) is 6.92 Å². The molecule has 0 aromatic heterocycles. The monoisotopic (exact) mass is 235 g/mol. The van der Waals surface area contributed by atoms with E-state index in [1.54, 1.807) is 0 Å². The predicted molar refractivity (Wildman–Crippen MR) is 67.7 cm³/mol. The van der Waals surface area contributed by atoms with Gasteiger partial charge in [0, 0.05) is 5.56 Å². The van der Waals surface area contributed by atoms with Gasteiger partial charge in [-0.25, -0.2) is 0 Å². The summed E-state index contributed by atoms with van der Waals surface area (Å²) in [4.78, 5) is 0. The van der Waals surface area contributed by atoms with E-state index in [0.717, 1.165) is 12.0 Å². The van der Waals surface area contributed by atoms with Crippen molar-refractivity contribution in [3.8, 4) is 0 Å². The minimum Gasteiger partial charge on any atom is -0.344 e. The Morgan fingerprint density at radius 3 is 2.35 bits per heavy atom. The molecule has 0 saturated carbocycles. The third-order valence-electron chi connectivity index (χ3n) is 3.16. The van der Waals surface area contributed by atoms with E-state index in [0.29, 0.717) is 13.2 Å². The van der Waals surface area contributed by atoms with Crippen LogP contribution in [0.15, 0.2) is 24.3 Å². The number of nitrogens with two attached hydrogens (primary N) is 1. The summed E-state index contributed by atoms with van der Waals surface area (Å²) in [7, 11) is 0. The molecule has 0 radical (unpaired) electrons. The first kappa shape index (κ1) is 12.6. The Labute approximate surface area is 103 Å². The summed E-state index contributed by atoms with van der Waals surface area (Å²) in [5.74, 6) is -0.638. The van der Waals surface area contributed by atoms with Crippen LogP contribution in [0.1, 0.15) is 31.4 Å². The van der Waals surface area contributed by atoms with Crippen molar-refractivity contribution in [2.75, 3.05) is 13.2 Å². The number of hydrogen-bond acceptors (Lipinski definition) is 3. The van der Waals surface area contributed by atoms with Crippen LogP contribution in [0.2, 0.25) is 0 Å². The Bertz CT molecular complexity index is 353. The van der Waals surface area contributed by atoms with Gasteiger partial charge < -0.3 is 15.2 Å². The number of hydrogen-bond donors (Lipinski definition) is 1. The van der Waals surface area contributed by atoms with Crippen LogP contribution < -0.4 is 5.73 Å². The lowest BCUT2D eigenvalue weighted by Crippen LogP contribution is -2.46. The molecule has 3 nitrogen and oxygen atoms in total. The van der Waals surface area contributed by atoms with Crippen LogP contribution in [0.25, 0.3) is 0 Å². The summed E-state index contributed by atoms with van der Waals surface area (Å²) >= 11 is 0. The average Bonchev–Trinajstić information content (AvgIpc) is 2.35. The summed E-state index contributed by atoms with van der Waals surface area (Å²) in [6, 6.07) is 8.45. The van der Waals surface area contributed by atoms with E-state index in [2.05, 4.69) is 31.2 Å². The van der Waals surface area contributed by atoms with E-state index >= 15 is 0 Å². The van der Waals surface area contributed by atoms with Crippen LogP contribution in [-0.2, 0) is 21.7 Å². The van der Waals surface area contributed by atoms with E-state index in [-0.39, 0.29) is 6.04 Å². The van der Waals surface area contributed by atoms with Crippen LogP contribution in [0.3, 0.4) is 0 Å². The number of benzene rings is 1. The van der Waals surface area contributed by atoms with Crippen LogP contribution >= 0.6 is 0 Å². The van der Waals surface area contributed by atoms with Gasteiger partial charge in [-0.2, -0.15) is 0 Å². The Morgan fingerprint density at radius 2 is 1.82 bits per heavy atom. The van der Waals surface area contributed by atoms with Gasteiger partial charge in [-0.05, 0) is 18.9 Å². The fourth-order valence-electron chi connectivity index (χ4n) is 2.05. The molecule has 0 aliphatic carbocycles. The fourth-order valence-corrected chi connectivity index (χ4v) is 2.05. The largest absolute Gasteiger partial charge is 0.344 e. The van der Waals surface area contributed by atoms with Crippen molar-refractivity contribution >= 4 is 0 Å². The molecule has 3 heteroatoms. The summed E-state index contributed by atoms with van der Waals surface area (Å²) in [6.07, 6.45) is 2.28. The molecule has 94 valence electrons. The zero-order valence-corrected chi connectivity index (χ0v) is 10.6. The molecule has 1 heterocycles. The second-order valence-electron chi connectivity index (χ2n) is 4.77. The van der Waals surface area contributed by atoms with Crippen LogP contribution in [0, 0.1) is 0 Å². The Kier molecular flexibility index (Phi) is 3.82. The standard InChI is InChI=1S/C14H21NO2/c1-3-4-11-5-7-12(8-6-11)14(2)16-9-13(15)10-17-14/h5-8,13H,3-4,9-10,15H2,1-2H3. The molecule has 1 saturated heterocycles. The molecule has 1 fully saturated rings. The molecule has 1 aliphatic rings. The van der Waals surface area contributed by atoms with Crippen molar-refractivity contribution in [1.29, 1.82) is 0 Å². The molecule has 2 N–H and O–H groups in total. The topological polar surface area (TPSA) is 44.5 Å². The molecule has 0 atom stereocenters. The molecule has 1 aliphatic heterocycles. The van der Waals surface area contributed by atoms with E-state index in [4.69, 9.17) is 15.2 Å². The molecule has 2 rings (SSSR count). The molecule has 0 amide bonds. The Balaban J connectivity index is 2.10. The first-order chi connectivity index (χ1) is 8.14. The molecule has 17 heavy (non-hydrogen) atoms. The maximum atomic E-state index is 5.75. The second kappa shape index (κ2) is 5.17. The lowest BCUT2D eigenvalue weighted by molar-refractivity contribution is -0.270. The van der Waals surface area contributed by atoms with Gasteiger partial charge in [0.15, 0.2) is 5.79 Å². The van der Waals surface area contributed by atoms with Crippen LogP contribution in [0.4, 0.5) is 0 Å². The highest BCUT2D eigenvalue weighted by atomic mass is 16.7. The highest BCUT2D eigenvalue weighted by Gasteiger charge is 2.33. The van der Waals surface area contributed by atoms with Gasteiger partial charge in [0.2, 0.25) is 0 Å². The van der Waals surface area contributed by atoms with Crippen LogP contribution in [0.5, 0.6) is 0 Å². The van der Waals surface area contributed by atoms with Gasteiger partial charge in [0.1, 0.15) is 0 Å². The predicted octanol–water partition coefficient (Wildman–Crippen LogP) is 2.19. The fraction of sp³-hybridized carbons (Fsp3) is 0.571. The normalized spacial score (nSPS) is 29.2. The van der Waals surface area contributed by atoms with Crippen LogP contribution in [-0.4, -0.2) is 19.3 Å². The molecule has 1 aromatic rings. The molecule has 0 bridgehead atoms. The van der Waals surface area contributed by atoms with Gasteiger partial charge in [0.05, 0.1) is 19.3 Å². The van der Waals surface area contributed by atoms with Crippen molar-refractivity contribution in [2.24, 2.45) is 5.73 Å². The molecular weight excluding hydrogens is 214 g/mol. The summed E-state index contributed by atoms with van der Waals surface area (Å²) in [6.45, 7) is 5.23. The van der Waals surface area contributed by atoms with E-state index in [9.17, 15) is 0 Å². The number of ether oxygens (including phenoxy) is 2. The minimum absolute atomic E-state index is 0.0116. The average molecular weight is 235 g/mol. The molecular formula is C14H21NO2. The summed E-state index contributed by atoms with van der Waals surface area (Å²) in [5.41, 5.74) is 8.16. The summed E-state index contributed by atoms with van der Waals surface area (Å²) < 4.78 is 11.4. The van der Waals surface area contributed by atoms with E-state index in [1.165, 1.54) is 12.0 Å². The van der Waals surface area contributed by atoms with Crippen molar-refractivity contribution < 1.29 is 9.47 Å². The molecule has 0 unspecified atom stereocenters.